The average molecular weight is 461 g/mol. The Bertz CT molecular complexity index is 760. The van der Waals surface area contributed by atoms with Gasteiger partial charge in [-0.2, -0.15) is 0 Å². The van der Waals surface area contributed by atoms with Gasteiger partial charge in [0.2, 0.25) is 0 Å². The van der Waals surface area contributed by atoms with Crippen LogP contribution in [0.25, 0.3) is 0 Å². The Kier molecular flexibility index (Phi) is 9.25. The summed E-state index contributed by atoms with van der Waals surface area (Å²) in [5, 5.41) is 0. The first kappa shape index (κ1) is 25.1. The molecule has 0 amide bonds. The molecule has 186 valence electrons. The molecule has 0 N–H and O–H groups in total. The molecule has 1 aromatic rings. The number of fused-ring (bicyclic) bond motifs is 2. The molecule has 0 heterocycles. The molecule has 0 aromatic heterocycles. The van der Waals surface area contributed by atoms with Gasteiger partial charge in [-0.05, 0) is 105 Å². The van der Waals surface area contributed by atoms with Crippen molar-refractivity contribution in [3.8, 4) is 0 Å². The minimum absolute atomic E-state index is 0.0564. The molecule has 5 atom stereocenters. The Morgan fingerprint density at radius 3 is 2.48 bits per heavy atom. The van der Waals surface area contributed by atoms with E-state index in [1.807, 2.05) is 0 Å². The van der Waals surface area contributed by atoms with Gasteiger partial charge in [0.15, 0.2) is 0 Å². The second kappa shape index (κ2) is 12.1. The Morgan fingerprint density at radius 2 is 1.67 bits per heavy atom. The van der Waals surface area contributed by atoms with Crippen LogP contribution in [0.1, 0.15) is 126 Å². The maximum atomic E-state index is 15.7. The molecule has 2 fully saturated rings. The molecule has 1 aromatic carbocycles. The van der Waals surface area contributed by atoms with Crippen LogP contribution >= 0.6 is 0 Å². The van der Waals surface area contributed by atoms with Gasteiger partial charge in [-0.25, -0.2) is 8.78 Å². The molecular weight excluding hydrogens is 414 g/mol. The van der Waals surface area contributed by atoms with Gasteiger partial charge in [-0.3, -0.25) is 0 Å². The fourth-order valence-corrected chi connectivity index (χ4v) is 7.14. The van der Waals surface area contributed by atoms with E-state index in [1.54, 1.807) is 6.07 Å². The van der Waals surface area contributed by atoms with Crippen LogP contribution in [0.15, 0.2) is 6.07 Å². The molecule has 2 saturated carbocycles. The highest BCUT2D eigenvalue weighted by Crippen LogP contribution is 2.48. The molecule has 1 nitrogen and oxygen atoms in total. The normalized spacial score (nSPS) is 29.5. The minimum atomic E-state index is -0.265. The Labute approximate surface area is 201 Å². The van der Waals surface area contributed by atoms with E-state index < -0.39 is 0 Å². The number of unbranched alkanes of at least 4 members (excludes halogenated alkanes) is 4. The second-order valence-corrected chi connectivity index (χ2v) is 11.4. The summed E-state index contributed by atoms with van der Waals surface area (Å²) in [5.41, 5.74) is 2.22. The van der Waals surface area contributed by atoms with Gasteiger partial charge >= 0.3 is 0 Å². The minimum Gasteiger partial charge on any atom is -0.378 e. The van der Waals surface area contributed by atoms with E-state index in [0.29, 0.717) is 29.4 Å². The lowest BCUT2D eigenvalue weighted by atomic mass is 9.65. The third kappa shape index (κ3) is 6.19. The number of hydrogen-bond acceptors (Lipinski definition) is 1. The zero-order chi connectivity index (χ0) is 23.2. The van der Waals surface area contributed by atoms with Crippen molar-refractivity contribution in [1.29, 1.82) is 0 Å². The van der Waals surface area contributed by atoms with Crippen molar-refractivity contribution in [1.82, 2.24) is 0 Å². The lowest BCUT2D eigenvalue weighted by Gasteiger charge is -2.42. The molecular formula is C30H46F2O. The first-order valence-corrected chi connectivity index (χ1v) is 14.2. The van der Waals surface area contributed by atoms with Crippen LogP contribution in [0.2, 0.25) is 0 Å². The quantitative estimate of drug-likeness (QED) is 0.317. The summed E-state index contributed by atoms with van der Waals surface area (Å²) >= 11 is 0. The van der Waals surface area contributed by atoms with E-state index in [1.165, 1.54) is 38.5 Å². The molecule has 3 aliphatic carbocycles. The van der Waals surface area contributed by atoms with Crippen molar-refractivity contribution in [3.63, 3.8) is 0 Å². The third-order valence-corrected chi connectivity index (χ3v) is 9.01. The summed E-state index contributed by atoms with van der Waals surface area (Å²) in [6.07, 6.45) is 18.3. The van der Waals surface area contributed by atoms with Crippen LogP contribution in [-0.4, -0.2) is 12.7 Å². The standard InChI is InChI=1S/C30H46F2O/c1-3-5-6-7-8-9-21-10-15-27-25(17-21)20-28(31)29(30(27)32)24-12-11-23-19-26(33-16-4-2)14-13-22(23)18-24/h20-24,26H,3-19H2,1-2H3. The number of rotatable bonds is 10. The molecule has 3 aliphatic rings. The van der Waals surface area contributed by atoms with Crippen molar-refractivity contribution in [2.45, 2.75) is 129 Å². The first-order chi connectivity index (χ1) is 16.1. The molecule has 0 saturated heterocycles. The van der Waals surface area contributed by atoms with E-state index in [2.05, 4.69) is 13.8 Å². The second-order valence-electron chi connectivity index (χ2n) is 11.4. The average Bonchev–Trinajstić information content (AvgIpc) is 2.82. The summed E-state index contributed by atoms with van der Waals surface area (Å²) in [4.78, 5) is 0. The van der Waals surface area contributed by atoms with Crippen molar-refractivity contribution < 1.29 is 13.5 Å². The Morgan fingerprint density at radius 1 is 0.879 bits per heavy atom. The maximum absolute atomic E-state index is 15.7. The topological polar surface area (TPSA) is 9.23 Å². The largest absolute Gasteiger partial charge is 0.378 e. The van der Waals surface area contributed by atoms with Crippen LogP contribution in [0, 0.1) is 29.4 Å². The van der Waals surface area contributed by atoms with Crippen LogP contribution < -0.4 is 0 Å². The summed E-state index contributed by atoms with van der Waals surface area (Å²) in [5.74, 6) is 1.49. The highest BCUT2D eigenvalue weighted by Gasteiger charge is 2.38. The van der Waals surface area contributed by atoms with E-state index in [-0.39, 0.29) is 17.6 Å². The van der Waals surface area contributed by atoms with Gasteiger partial charge in [0.05, 0.1) is 6.10 Å². The predicted molar refractivity (Wildman–Crippen MR) is 133 cm³/mol. The van der Waals surface area contributed by atoms with Gasteiger partial charge in [0, 0.05) is 12.2 Å². The van der Waals surface area contributed by atoms with Gasteiger partial charge < -0.3 is 4.74 Å². The van der Waals surface area contributed by atoms with Crippen molar-refractivity contribution in [3.05, 3.63) is 34.4 Å². The monoisotopic (exact) mass is 460 g/mol. The zero-order valence-corrected chi connectivity index (χ0v) is 21.1. The molecule has 0 aliphatic heterocycles. The smallest absolute Gasteiger partial charge is 0.133 e. The molecule has 4 rings (SSSR count). The molecule has 33 heavy (non-hydrogen) atoms. The zero-order valence-electron chi connectivity index (χ0n) is 21.1. The lowest BCUT2D eigenvalue weighted by molar-refractivity contribution is -0.0150. The van der Waals surface area contributed by atoms with Gasteiger partial charge in [-0.15, -0.1) is 0 Å². The van der Waals surface area contributed by atoms with E-state index in [4.69, 9.17) is 4.74 Å². The summed E-state index contributed by atoms with van der Waals surface area (Å²) < 4.78 is 37.0. The van der Waals surface area contributed by atoms with Crippen molar-refractivity contribution in [2.24, 2.45) is 17.8 Å². The SMILES string of the molecule is CCCCCCCC1CCc2c(cc(F)c(C3CCC4CC(OCCC)CCC4C3)c2F)C1. The van der Waals surface area contributed by atoms with E-state index in [9.17, 15) is 0 Å². The van der Waals surface area contributed by atoms with Gasteiger partial charge in [0.25, 0.3) is 0 Å². The number of benzene rings is 1. The molecule has 0 bridgehead atoms. The summed E-state index contributed by atoms with van der Waals surface area (Å²) in [6.45, 7) is 5.26. The van der Waals surface area contributed by atoms with Crippen LogP contribution in [0.4, 0.5) is 8.78 Å². The Hall–Kier alpha value is -0.960. The van der Waals surface area contributed by atoms with Crippen LogP contribution in [-0.2, 0) is 17.6 Å². The highest BCUT2D eigenvalue weighted by atomic mass is 19.1. The van der Waals surface area contributed by atoms with E-state index >= 15 is 8.78 Å². The molecule has 0 radical (unpaired) electrons. The molecule has 3 heteroatoms. The Balaban J connectivity index is 1.36. The third-order valence-electron chi connectivity index (χ3n) is 9.01. The number of ether oxygens (including phenoxy) is 1. The van der Waals surface area contributed by atoms with Gasteiger partial charge in [0.1, 0.15) is 11.6 Å². The summed E-state index contributed by atoms with van der Waals surface area (Å²) in [6, 6.07) is 1.72. The fraction of sp³-hybridized carbons (Fsp3) is 0.800. The van der Waals surface area contributed by atoms with Crippen molar-refractivity contribution in [2.75, 3.05) is 6.61 Å². The highest BCUT2D eigenvalue weighted by molar-refractivity contribution is 5.39. The molecule has 0 spiro atoms. The van der Waals surface area contributed by atoms with Crippen molar-refractivity contribution >= 4 is 0 Å². The van der Waals surface area contributed by atoms with E-state index in [0.717, 1.165) is 81.9 Å². The van der Waals surface area contributed by atoms with Gasteiger partial charge in [-0.1, -0.05) is 52.4 Å². The fourth-order valence-electron chi connectivity index (χ4n) is 7.14. The maximum Gasteiger partial charge on any atom is 0.133 e. The van der Waals surface area contributed by atoms with Crippen LogP contribution in [0.5, 0.6) is 0 Å². The van der Waals surface area contributed by atoms with Crippen LogP contribution in [0.3, 0.4) is 0 Å². The molecule has 5 unspecified atom stereocenters. The number of halogens is 2. The summed E-state index contributed by atoms with van der Waals surface area (Å²) in [7, 11) is 0. The number of hydrogen-bond donors (Lipinski definition) is 0. The predicted octanol–water partition coefficient (Wildman–Crippen LogP) is 8.91. The first-order valence-electron chi connectivity index (χ1n) is 14.2. The lowest BCUT2D eigenvalue weighted by Crippen LogP contribution is -2.34.